The number of aryl methyl sites for hydroxylation is 1. The lowest BCUT2D eigenvalue weighted by molar-refractivity contribution is 0.145. The highest BCUT2D eigenvalue weighted by Gasteiger charge is 2.34. The molecule has 0 spiro atoms. The van der Waals surface area contributed by atoms with E-state index in [1.54, 1.807) is 0 Å². The number of hydrogen-bond acceptors (Lipinski definition) is 5. The number of anilines is 2. The van der Waals surface area contributed by atoms with Crippen LogP contribution in [-0.4, -0.2) is 16.5 Å². The highest BCUT2D eigenvalue weighted by Crippen LogP contribution is 2.43. The molecule has 0 amide bonds. The first-order chi connectivity index (χ1) is 9.14. The van der Waals surface area contributed by atoms with Gasteiger partial charge in [-0.15, -0.1) is 0 Å². The van der Waals surface area contributed by atoms with E-state index >= 15 is 0 Å². The Morgan fingerprint density at radius 2 is 1.89 bits per heavy atom. The van der Waals surface area contributed by atoms with E-state index in [1.807, 2.05) is 13.8 Å². The molecule has 1 aromatic heterocycles. The summed E-state index contributed by atoms with van der Waals surface area (Å²) >= 11 is 0. The lowest BCUT2D eigenvalue weighted by atomic mass is 9.67. The van der Waals surface area contributed by atoms with Crippen LogP contribution >= 0.6 is 0 Å². The summed E-state index contributed by atoms with van der Waals surface area (Å²) in [6, 6.07) is 0. The molecular weight excluding hydrogens is 238 g/mol. The van der Waals surface area contributed by atoms with Gasteiger partial charge >= 0.3 is 0 Å². The van der Waals surface area contributed by atoms with Gasteiger partial charge in [-0.05, 0) is 31.6 Å². The monoisotopic (exact) mass is 263 g/mol. The lowest BCUT2D eigenvalue weighted by Gasteiger charge is -2.41. The average Bonchev–Trinajstić information content (AvgIpc) is 2.39. The van der Waals surface area contributed by atoms with Crippen LogP contribution in [0.4, 0.5) is 11.6 Å². The summed E-state index contributed by atoms with van der Waals surface area (Å²) in [6.07, 6.45) is 6.04. The van der Waals surface area contributed by atoms with Gasteiger partial charge < -0.3 is 10.7 Å². The van der Waals surface area contributed by atoms with Gasteiger partial charge in [-0.3, -0.25) is 0 Å². The third kappa shape index (κ3) is 2.81. The Hall–Kier alpha value is -1.36. The Kier molecular flexibility index (Phi) is 4.24. The van der Waals surface area contributed by atoms with Crippen LogP contribution in [0.25, 0.3) is 0 Å². The van der Waals surface area contributed by atoms with E-state index in [0.717, 1.165) is 30.2 Å². The Labute approximate surface area is 115 Å². The Morgan fingerprint density at radius 3 is 2.37 bits per heavy atom. The van der Waals surface area contributed by atoms with E-state index in [0.29, 0.717) is 11.2 Å². The lowest BCUT2D eigenvalue weighted by Crippen LogP contribution is -2.36. The van der Waals surface area contributed by atoms with Crippen molar-refractivity contribution in [3.63, 3.8) is 0 Å². The van der Waals surface area contributed by atoms with Crippen LogP contribution in [-0.2, 0) is 6.42 Å². The van der Waals surface area contributed by atoms with Crippen LogP contribution in [0.15, 0.2) is 0 Å². The number of nitrogens with one attached hydrogen (secondary N) is 2. The van der Waals surface area contributed by atoms with Crippen LogP contribution in [0, 0.1) is 12.3 Å². The predicted molar refractivity (Wildman–Crippen MR) is 79.0 cm³/mol. The molecule has 0 aliphatic heterocycles. The summed E-state index contributed by atoms with van der Waals surface area (Å²) in [5, 5.41) is 3.51. The van der Waals surface area contributed by atoms with Crippen molar-refractivity contribution < 1.29 is 0 Å². The van der Waals surface area contributed by atoms with Crippen molar-refractivity contribution in [2.45, 2.75) is 52.9 Å². The predicted octanol–water partition coefficient (Wildman–Crippen LogP) is 2.63. The van der Waals surface area contributed by atoms with Crippen molar-refractivity contribution in [2.75, 3.05) is 17.3 Å². The maximum atomic E-state index is 5.52. The summed E-state index contributed by atoms with van der Waals surface area (Å²) in [6.45, 7) is 7.32. The van der Waals surface area contributed by atoms with Gasteiger partial charge in [0.05, 0.1) is 0 Å². The first kappa shape index (κ1) is 14.1. The van der Waals surface area contributed by atoms with Crippen LogP contribution < -0.4 is 16.6 Å². The number of rotatable bonds is 6. The van der Waals surface area contributed by atoms with Crippen molar-refractivity contribution in [1.82, 2.24) is 9.97 Å². The van der Waals surface area contributed by atoms with Gasteiger partial charge in [0.2, 0.25) is 0 Å². The van der Waals surface area contributed by atoms with Crippen molar-refractivity contribution in [1.29, 1.82) is 0 Å². The largest absolute Gasteiger partial charge is 0.369 e. The number of hydrogen-bond donors (Lipinski definition) is 3. The molecule has 1 saturated carbocycles. The molecule has 2 rings (SSSR count). The molecule has 1 aliphatic rings. The SMILES string of the molecule is CCc1nc(NN)c(C)c(NCC2(CC)CCC2)n1. The molecule has 19 heavy (non-hydrogen) atoms. The molecule has 1 aromatic rings. The van der Waals surface area contributed by atoms with Crippen LogP contribution in [0.1, 0.15) is 50.9 Å². The molecule has 0 bridgehead atoms. The molecule has 0 saturated heterocycles. The molecule has 5 heteroatoms. The van der Waals surface area contributed by atoms with Gasteiger partial charge in [0.25, 0.3) is 0 Å². The molecule has 5 nitrogen and oxygen atoms in total. The zero-order valence-corrected chi connectivity index (χ0v) is 12.2. The van der Waals surface area contributed by atoms with Gasteiger partial charge in [0, 0.05) is 18.5 Å². The Balaban J connectivity index is 2.14. The van der Waals surface area contributed by atoms with E-state index < -0.39 is 0 Å². The van der Waals surface area contributed by atoms with E-state index in [2.05, 4.69) is 27.6 Å². The third-order valence-electron chi connectivity index (χ3n) is 4.44. The smallest absolute Gasteiger partial charge is 0.148 e. The molecule has 4 N–H and O–H groups in total. The topological polar surface area (TPSA) is 75.9 Å². The Morgan fingerprint density at radius 1 is 1.21 bits per heavy atom. The Bertz CT molecular complexity index is 434. The molecule has 1 heterocycles. The van der Waals surface area contributed by atoms with Crippen LogP contribution in [0.5, 0.6) is 0 Å². The van der Waals surface area contributed by atoms with E-state index in [-0.39, 0.29) is 0 Å². The first-order valence-corrected chi connectivity index (χ1v) is 7.22. The van der Waals surface area contributed by atoms with Crippen LogP contribution in [0.2, 0.25) is 0 Å². The molecule has 0 radical (unpaired) electrons. The number of nitrogen functional groups attached to an aromatic ring is 1. The second kappa shape index (κ2) is 5.74. The molecule has 0 aromatic carbocycles. The minimum absolute atomic E-state index is 0.472. The van der Waals surface area contributed by atoms with Gasteiger partial charge in [-0.2, -0.15) is 0 Å². The van der Waals surface area contributed by atoms with Gasteiger partial charge in [0.1, 0.15) is 17.5 Å². The third-order valence-corrected chi connectivity index (χ3v) is 4.44. The molecule has 106 valence electrons. The van der Waals surface area contributed by atoms with Crippen LogP contribution in [0.3, 0.4) is 0 Å². The fourth-order valence-electron chi connectivity index (χ4n) is 2.64. The highest BCUT2D eigenvalue weighted by atomic mass is 15.3. The first-order valence-electron chi connectivity index (χ1n) is 7.22. The molecule has 1 fully saturated rings. The second-order valence-electron chi connectivity index (χ2n) is 5.52. The van der Waals surface area contributed by atoms with E-state index in [4.69, 9.17) is 5.84 Å². The van der Waals surface area contributed by atoms with Crippen molar-refractivity contribution in [3.8, 4) is 0 Å². The molecule has 1 aliphatic carbocycles. The average molecular weight is 263 g/mol. The van der Waals surface area contributed by atoms with Gasteiger partial charge in [-0.25, -0.2) is 15.8 Å². The number of aromatic nitrogens is 2. The number of nitrogens with two attached hydrogens (primary N) is 1. The maximum Gasteiger partial charge on any atom is 0.148 e. The minimum atomic E-state index is 0.472. The van der Waals surface area contributed by atoms with Crippen molar-refractivity contribution in [2.24, 2.45) is 11.3 Å². The normalized spacial score (nSPS) is 16.8. The zero-order chi connectivity index (χ0) is 13.9. The summed E-state index contributed by atoms with van der Waals surface area (Å²) < 4.78 is 0. The fourth-order valence-corrected chi connectivity index (χ4v) is 2.64. The number of nitrogens with zero attached hydrogens (tertiary/aromatic N) is 2. The summed E-state index contributed by atoms with van der Waals surface area (Å²) in [7, 11) is 0. The van der Waals surface area contributed by atoms with Gasteiger partial charge in [0.15, 0.2) is 0 Å². The quantitative estimate of drug-likeness (QED) is 0.543. The fraction of sp³-hybridized carbons (Fsp3) is 0.714. The maximum absolute atomic E-state index is 5.52. The molecule has 0 atom stereocenters. The summed E-state index contributed by atoms with van der Waals surface area (Å²) in [5.74, 6) is 7.97. The standard InChI is InChI=1S/C14H25N5/c1-4-11-17-12(10(3)13(18-11)19-15)16-9-14(5-2)7-6-8-14/h4-9,15H2,1-3H3,(H2,16,17,18,19). The van der Waals surface area contributed by atoms with Gasteiger partial charge in [-0.1, -0.05) is 20.3 Å². The van der Waals surface area contributed by atoms with Crippen molar-refractivity contribution in [3.05, 3.63) is 11.4 Å². The van der Waals surface area contributed by atoms with E-state index in [1.165, 1.54) is 25.7 Å². The summed E-state index contributed by atoms with van der Waals surface area (Å²) in [4.78, 5) is 8.96. The molecular formula is C14H25N5. The van der Waals surface area contributed by atoms with E-state index in [9.17, 15) is 0 Å². The summed E-state index contributed by atoms with van der Waals surface area (Å²) in [5.41, 5.74) is 4.12. The highest BCUT2D eigenvalue weighted by molar-refractivity contribution is 5.56. The minimum Gasteiger partial charge on any atom is -0.369 e. The molecule has 0 unspecified atom stereocenters. The zero-order valence-electron chi connectivity index (χ0n) is 12.2. The van der Waals surface area contributed by atoms with Crippen molar-refractivity contribution >= 4 is 11.6 Å². The number of hydrazine groups is 1. The second-order valence-corrected chi connectivity index (χ2v) is 5.52.